The van der Waals surface area contributed by atoms with E-state index in [-0.39, 0.29) is 24.1 Å². The molecule has 0 atom stereocenters. The maximum Gasteiger partial charge on any atom is 0.332 e. The van der Waals surface area contributed by atoms with E-state index in [0.717, 1.165) is 4.57 Å². The van der Waals surface area contributed by atoms with Crippen molar-refractivity contribution in [1.29, 1.82) is 0 Å². The highest BCUT2D eigenvalue weighted by Gasteiger charge is 2.18. The molecule has 4 rings (SSSR count). The Hall–Kier alpha value is -4.21. The zero-order chi connectivity index (χ0) is 23.5. The zero-order valence-corrected chi connectivity index (χ0v) is 18.1. The molecule has 0 fully saturated rings. The number of nitrogens with zero attached hydrogens (tertiary/aromatic N) is 4. The average Bonchev–Trinajstić information content (AvgIpc) is 3.19. The summed E-state index contributed by atoms with van der Waals surface area (Å²) in [5.41, 5.74) is 0.183. The Morgan fingerprint density at radius 1 is 1.06 bits per heavy atom. The first kappa shape index (κ1) is 22.0. The number of fused-ring (bicyclic) bond motifs is 1. The van der Waals surface area contributed by atoms with Crippen molar-refractivity contribution in [3.05, 3.63) is 86.9 Å². The summed E-state index contributed by atoms with van der Waals surface area (Å²) in [7, 11) is 1.62. The van der Waals surface area contributed by atoms with Crippen LogP contribution in [0.2, 0.25) is 0 Å². The number of rotatable bonds is 7. The van der Waals surface area contributed by atoms with Gasteiger partial charge in [0.05, 0.1) is 18.7 Å². The number of carbonyl (C=O) groups is 1. The molecule has 10 heteroatoms. The van der Waals surface area contributed by atoms with Crippen LogP contribution < -0.4 is 21.3 Å². The van der Waals surface area contributed by atoms with E-state index in [0.29, 0.717) is 23.6 Å². The molecule has 9 nitrogen and oxygen atoms in total. The highest BCUT2D eigenvalue weighted by atomic mass is 19.1. The lowest BCUT2D eigenvalue weighted by Gasteiger charge is -2.12. The molecule has 0 unspecified atom stereocenters. The topological polar surface area (TPSA) is 100 Å². The first-order chi connectivity index (χ1) is 15.9. The smallest absolute Gasteiger partial charge is 0.332 e. The van der Waals surface area contributed by atoms with Gasteiger partial charge in [0.15, 0.2) is 5.52 Å². The van der Waals surface area contributed by atoms with Gasteiger partial charge in [0.2, 0.25) is 5.91 Å². The van der Waals surface area contributed by atoms with Crippen LogP contribution in [0.1, 0.15) is 12.5 Å². The normalized spacial score (nSPS) is 11.0. The Labute approximate surface area is 187 Å². The Morgan fingerprint density at radius 3 is 2.42 bits per heavy atom. The maximum atomic E-state index is 13.2. The number of hydrogen-bond donors (Lipinski definition) is 1. The predicted octanol–water partition coefficient (Wildman–Crippen LogP) is 2.12. The number of halogens is 1. The fourth-order valence-electron chi connectivity index (χ4n) is 3.50. The van der Waals surface area contributed by atoms with Gasteiger partial charge in [0.1, 0.15) is 18.1 Å². The summed E-state index contributed by atoms with van der Waals surface area (Å²) in [6.07, 6.45) is 1.52. The molecule has 1 amide bonds. The van der Waals surface area contributed by atoms with Crippen LogP contribution in [-0.4, -0.2) is 31.4 Å². The van der Waals surface area contributed by atoms with Gasteiger partial charge in [0, 0.05) is 18.9 Å². The number of ether oxygens (including phenoxy) is 1. The Kier molecular flexibility index (Phi) is 6.07. The third-order valence-corrected chi connectivity index (χ3v) is 5.01. The molecule has 2 aromatic carbocycles. The molecule has 2 heterocycles. The minimum Gasteiger partial charge on any atom is -0.494 e. The number of benzene rings is 2. The van der Waals surface area contributed by atoms with E-state index in [9.17, 15) is 18.8 Å². The predicted molar refractivity (Wildman–Crippen MR) is 121 cm³/mol. The van der Waals surface area contributed by atoms with Gasteiger partial charge < -0.3 is 10.1 Å². The standard InChI is InChI=1S/C23H22FN5O4/c1-3-33-18-10-8-17(9-11-18)25-20(30)14-28-19-13-27(2)26-21(19)22(31)29(23(28)32)12-15-4-6-16(24)7-5-15/h4-11,13H,3,12,14H2,1-2H3,(H,25,30). The van der Waals surface area contributed by atoms with Crippen molar-refractivity contribution in [2.24, 2.45) is 7.05 Å². The summed E-state index contributed by atoms with van der Waals surface area (Å²) in [6, 6.07) is 12.3. The fraction of sp³-hybridized carbons (Fsp3) is 0.217. The summed E-state index contributed by atoms with van der Waals surface area (Å²) >= 11 is 0. The lowest BCUT2D eigenvalue weighted by atomic mass is 10.2. The van der Waals surface area contributed by atoms with Crippen molar-refractivity contribution >= 4 is 22.6 Å². The van der Waals surface area contributed by atoms with Crippen LogP contribution >= 0.6 is 0 Å². The number of nitrogens with one attached hydrogen (secondary N) is 1. The minimum absolute atomic E-state index is 0.0630. The molecule has 0 aliphatic carbocycles. The largest absolute Gasteiger partial charge is 0.494 e. The molecule has 0 spiro atoms. The number of carbonyl (C=O) groups excluding carboxylic acids is 1. The molecular formula is C23H22FN5O4. The number of aryl methyl sites for hydroxylation is 1. The van der Waals surface area contributed by atoms with Gasteiger partial charge in [-0.15, -0.1) is 0 Å². The molecule has 0 aliphatic rings. The third-order valence-electron chi connectivity index (χ3n) is 5.01. The lowest BCUT2D eigenvalue weighted by molar-refractivity contribution is -0.116. The van der Waals surface area contributed by atoms with Gasteiger partial charge in [-0.2, -0.15) is 5.10 Å². The Morgan fingerprint density at radius 2 is 1.76 bits per heavy atom. The Bertz CT molecular complexity index is 1420. The second-order valence-electron chi connectivity index (χ2n) is 7.43. The fourth-order valence-corrected chi connectivity index (χ4v) is 3.50. The summed E-state index contributed by atoms with van der Waals surface area (Å²) < 4.78 is 22.2. The summed E-state index contributed by atoms with van der Waals surface area (Å²) in [5, 5.41) is 6.91. The van der Waals surface area contributed by atoms with Crippen molar-refractivity contribution in [2.45, 2.75) is 20.0 Å². The van der Waals surface area contributed by atoms with Gasteiger partial charge >= 0.3 is 5.69 Å². The summed E-state index contributed by atoms with van der Waals surface area (Å²) in [5.74, 6) is -0.190. The summed E-state index contributed by atoms with van der Waals surface area (Å²) in [6.45, 7) is 2.01. The van der Waals surface area contributed by atoms with Crippen LogP contribution in [0.3, 0.4) is 0 Å². The average molecular weight is 451 g/mol. The van der Waals surface area contributed by atoms with Gasteiger partial charge in [0.25, 0.3) is 5.56 Å². The van der Waals surface area contributed by atoms with Crippen molar-refractivity contribution in [3.8, 4) is 5.75 Å². The number of anilines is 1. The van der Waals surface area contributed by atoms with Crippen molar-refractivity contribution < 1.29 is 13.9 Å². The van der Waals surface area contributed by atoms with E-state index in [2.05, 4.69) is 10.4 Å². The first-order valence-corrected chi connectivity index (χ1v) is 10.3. The zero-order valence-electron chi connectivity index (χ0n) is 18.1. The molecule has 4 aromatic rings. The van der Waals surface area contributed by atoms with Gasteiger partial charge in [-0.25, -0.2) is 9.18 Å². The molecule has 33 heavy (non-hydrogen) atoms. The third kappa shape index (κ3) is 4.69. The molecule has 0 radical (unpaired) electrons. The number of aromatic nitrogens is 4. The highest BCUT2D eigenvalue weighted by Crippen LogP contribution is 2.16. The summed E-state index contributed by atoms with van der Waals surface area (Å²) in [4.78, 5) is 38.9. The van der Waals surface area contributed by atoms with Crippen LogP contribution in [0.5, 0.6) is 5.75 Å². The SMILES string of the molecule is CCOc1ccc(NC(=O)Cn2c(=O)n(Cc3ccc(F)cc3)c(=O)c3nn(C)cc32)cc1. The maximum absolute atomic E-state index is 13.2. The van der Waals surface area contributed by atoms with E-state index < -0.39 is 23.0 Å². The quantitative estimate of drug-likeness (QED) is 0.464. The van der Waals surface area contributed by atoms with Gasteiger partial charge in [-0.3, -0.25) is 23.4 Å². The second kappa shape index (κ2) is 9.11. The number of hydrogen-bond acceptors (Lipinski definition) is 5. The van der Waals surface area contributed by atoms with E-state index in [1.54, 1.807) is 31.3 Å². The number of amides is 1. The van der Waals surface area contributed by atoms with Crippen LogP contribution in [0.25, 0.3) is 11.0 Å². The van der Waals surface area contributed by atoms with E-state index >= 15 is 0 Å². The molecule has 0 saturated carbocycles. The van der Waals surface area contributed by atoms with E-state index in [4.69, 9.17) is 4.74 Å². The van der Waals surface area contributed by atoms with Crippen LogP contribution in [-0.2, 0) is 24.9 Å². The van der Waals surface area contributed by atoms with Gasteiger partial charge in [-0.05, 0) is 48.9 Å². The van der Waals surface area contributed by atoms with Crippen LogP contribution in [0, 0.1) is 5.82 Å². The van der Waals surface area contributed by atoms with Gasteiger partial charge in [-0.1, -0.05) is 12.1 Å². The van der Waals surface area contributed by atoms with E-state index in [1.807, 2.05) is 6.92 Å². The second-order valence-corrected chi connectivity index (χ2v) is 7.43. The van der Waals surface area contributed by atoms with Crippen molar-refractivity contribution in [1.82, 2.24) is 18.9 Å². The molecule has 170 valence electrons. The molecule has 2 aromatic heterocycles. The monoisotopic (exact) mass is 451 g/mol. The molecule has 0 saturated heterocycles. The van der Waals surface area contributed by atoms with E-state index in [1.165, 1.54) is 39.7 Å². The van der Waals surface area contributed by atoms with Crippen molar-refractivity contribution in [3.63, 3.8) is 0 Å². The first-order valence-electron chi connectivity index (χ1n) is 10.3. The van der Waals surface area contributed by atoms with Crippen molar-refractivity contribution in [2.75, 3.05) is 11.9 Å². The molecule has 0 bridgehead atoms. The van der Waals surface area contributed by atoms with Crippen LogP contribution in [0.4, 0.5) is 10.1 Å². The lowest BCUT2D eigenvalue weighted by Crippen LogP contribution is -2.41. The highest BCUT2D eigenvalue weighted by molar-refractivity contribution is 5.91. The minimum atomic E-state index is -0.660. The molecular weight excluding hydrogens is 429 g/mol. The van der Waals surface area contributed by atoms with Crippen LogP contribution in [0.15, 0.2) is 64.3 Å². The Balaban J connectivity index is 1.67. The molecule has 1 N–H and O–H groups in total. The molecule has 0 aliphatic heterocycles.